The van der Waals surface area contributed by atoms with Crippen LogP contribution >= 0.6 is 0 Å². The van der Waals surface area contributed by atoms with Crippen molar-refractivity contribution < 1.29 is 4.79 Å². The summed E-state index contributed by atoms with van der Waals surface area (Å²) in [6, 6.07) is 15.0. The predicted octanol–water partition coefficient (Wildman–Crippen LogP) is 5.09. The van der Waals surface area contributed by atoms with Crippen LogP contribution < -0.4 is 10.6 Å². The smallest absolute Gasteiger partial charge is 0.314 e. The number of H-pyrrole nitrogens is 1. The molecular weight excluding hydrogens is 436 g/mol. The van der Waals surface area contributed by atoms with Crippen LogP contribution in [0.4, 0.5) is 4.79 Å². The number of nitrogens with zero attached hydrogens (tertiary/aromatic N) is 3. The fourth-order valence-corrected chi connectivity index (χ4v) is 5.29. The Bertz CT molecular complexity index is 1300. The van der Waals surface area contributed by atoms with Crippen LogP contribution in [0.2, 0.25) is 0 Å². The number of hydrogen-bond donors (Lipinski definition) is 3. The number of unbranched alkanes of at least 4 members (excludes halogenated alkanes) is 1. The van der Waals surface area contributed by atoms with E-state index in [2.05, 4.69) is 56.9 Å². The molecule has 0 saturated carbocycles. The number of nitrogens with one attached hydrogen (secondary N) is 3. The van der Waals surface area contributed by atoms with E-state index < -0.39 is 0 Å². The molecule has 35 heavy (non-hydrogen) atoms. The van der Waals surface area contributed by atoms with E-state index in [9.17, 15) is 4.79 Å². The minimum atomic E-state index is -0.0931. The second-order valence-electron chi connectivity index (χ2n) is 9.27. The summed E-state index contributed by atoms with van der Waals surface area (Å²) in [5, 5.41) is 8.19. The molecule has 7 heteroatoms. The molecular formula is C28H34N6O. The number of hydrogen-bond acceptors (Lipinski definition) is 4. The molecule has 2 amide bonds. The topological polar surface area (TPSA) is 85.9 Å². The molecule has 182 valence electrons. The summed E-state index contributed by atoms with van der Waals surface area (Å²) in [5.74, 6) is 0. The Hall–Kier alpha value is -3.45. The van der Waals surface area contributed by atoms with E-state index in [1.54, 1.807) is 0 Å². The molecule has 1 atom stereocenters. The van der Waals surface area contributed by atoms with Gasteiger partial charge in [-0.05, 0) is 69.3 Å². The molecule has 7 nitrogen and oxygen atoms in total. The van der Waals surface area contributed by atoms with Gasteiger partial charge in [-0.15, -0.1) is 0 Å². The van der Waals surface area contributed by atoms with Gasteiger partial charge in [0.2, 0.25) is 0 Å². The highest BCUT2D eigenvalue weighted by molar-refractivity contribution is 6.07. The summed E-state index contributed by atoms with van der Waals surface area (Å²) in [7, 11) is 0. The first kappa shape index (κ1) is 23.3. The molecule has 3 heterocycles. The van der Waals surface area contributed by atoms with Crippen molar-refractivity contribution in [1.82, 2.24) is 30.5 Å². The third-order valence-electron chi connectivity index (χ3n) is 6.96. The van der Waals surface area contributed by atoms with Gasteiger partial charge >= 0.3 is 6.03 Å². The van der Waals surface area contributed by atoms with Crippen molar-refractivity contribution in [2.75, 3.05) is 19.6 Å². The summed E-state index contributed by atoms with van der Waals surface area (Å²) >= 11 is 0. The van der Waals surface area contributed by atoms with E-state index in [-0.39, 0.29) is 12.1 Å². The standard InChI is InChI=1S/C28H34N6O/c1-2-29-28(35)32-15-5-6-18-34(25-13-7-9-20-10-8-16-31-26(20)25)19-24-27-22(14-17-30-24)21-11-3-4-12-23(21)33-27/h3-4,8,10-12,14,16-17,25,33H,2,5-7,9,13,15,18-19H2,1H3,(H2,29,32,35). The van der Waals surface area contributed by atoms with E-state index in [0.717, 1.165) is 55.5 Å². The van der Waals surface area contributed by atoms with Crippen molar-refractivity contribution in [2.24, 2.45) is 0 Å². The quantitative estimate of drug-likeness (QED) is 0.298. The number of benzene rings is 1. The molecule has 3 N–H and O–H groups in total. The van der Waals surface area contributed by atoms with Crippen LogP contribution in [-0.4, -0.2) is 45.5 Å². The van der Waals surface area contributed by atoms with Crippen LogP contribution in [0.1, 0.15) is 55.6 Å². The van der Waals surface area contributed by atoms with Crippen LogP contribution in [0.5, 0.6) is 0 Å². The van der Waals surface area contributed by atoms with Crippen molar-refractivity contribution in [3.63, 3.8) is 0 Å². The van der Waals surface area contributed by atoms with Crippen molar-refractivity contribution in [2.45, 2.75) is 51.6 Å². The molecule has 3 aromatic heterocycles. The third-order valence-corrected chi connectivity index (χ3v) is 6.96. The second kappa shape index (κ2) is 10.9. The number of carbonyl (C=O) groups is 1. The largest absolute Gasteiger partial charge is 0.353 e. The van der Waals surface area contributed by atoms with Crippen LogP contribution in [0, 0.1) is 0 Å². The lowest BCUT2D eigenvalue weighted by atomic mass is 9.90. The first-order chi connectivity index (χ1) is 17.2. The molecule has 1 aromatic carbocycles. The normalized spacial score (nSPS) is 15.4. The zero-order valence-electron chi connectivity index (χ0n) is 20.4. The molecule has 0 fully saturated rings. The molecule has 1 unspecified atom stereocenters. The summed E-state index contributed by atoms with van der Waals surface area (Å²) in [6.07, 6.45) is 9.14. The Morgan fingerprint density at radius 1 is 1.06 bits per heavy atom. The molecule has 5 rings (SSSR count). The zero-order valence-corrected chi connectivity index (χ0v) is 20.4. The van der Waals surface area contributed by atoms with Crippen LogP contribution in [0.25, 0.3) is 21.8 Å². The number of fused-ring (bicyclic) bond motifs is 4. The lowest BCUT2D eigenvalue weighted by molar-refractivity contribution is 0.161. The Morgan fingerprint density at radius 3 is 2.89 bits per heavy atom. The highest BCUT2D eigenvalue weighted by Gasteiger charge is 2.28. The molecule has 1 aliphatic carbocycles. The maximum absolute atomic E-state index is 11.7. The van der Waals surface area contributed by atoms with Gasteiger partial charge < -0.3 is 15.6 Å². The van der Waals surface area contributed by atoms with Gasteiger partial charge in [0.05, 0.1) is 22.9 Å². The SMILES string of the molecule is CCNC(=O)NCCCCN(Cc1nccc2c1[nH]c1ccccc12)C1CCCc2cccnc21. The third kappa shape index (κ3) is 5.15. The van der Waals surface area contributed by atoms with Crippen molar-refractivity contribution in [3.05, 3.63) is 71.8 Å². The first-order valence-corrected chi connectivity index (χ1v) is 12.8. The molecule has 0 radical (unpaired) electrons. The Balaban J connectivity index is 1.38. The monoisotopic (exact) mass is 470 g/mol. The number of amides is 2. The fourth-order valence-electron chi connectivity index (χ4n) is 5.29. The molecule has 0 saturated heterocycles. The van der Waals surface area contributed by atoms with E-state index in [1.807, 2.05) is 25.4 Å². The number of pyridine rings is 2. The van der Waals surface area contributed by atoms with Crippen molar-refractivity contribution in [1.29, 1.82) is 0 Å². The Kier molecular flexibility index (Phi) is 7.23. The zero-order chi connectivity index (χ0) is 24.0. The highest BCUT2D eigenvalue weighted by Crippen LogP contribution is 2.35. The molecule has 1 aliphatic rings. The maximum atomic E-state index is 11.7. The maximum Gasteiger partial charge on any atom is 0.314 e. The van der Waals surface area contributed by atoms with Crippen LogP contribution in [0.15, 0.2) is 54.9 Å². The predicted molar refractivity (Wildman–Crippen MR) is 140 cm³/mol. The highest BCUT2D eigenvalue weighted by atomic mass is 16.2. The number of aromatic amines is 1. The second-order valence-corrected chi connectivity index (χ2v) is 9.27. The number of aryl methyl sites for hydroxylation is 1. The lowest BCUT2D eigenvalue weighted by Crippen LogP contribution is -2.36. The number of carbonyl (C=O) groups excluding carboxylic acids is 1. The number of aromatic nitrogens is 3. The fraction of sp³-hybridized carbons (Fsp3) is 0.393. The summed E-state index contributed by atoms with van der Waals surface area (Å²) in [5.41, 5.74) is 5.91. The van der Waals surface area contributed by atoms with E-state index in [0.29, 0.717) is 13.1 Å². The van der Waals surface area contributed by atoms with E-state index in [1.165, 1.54) is 28.5 Å². The summed E-state index contributed by atoms with van der Waals surface area (Å²) < 4.78 is 0. The van der Waals surface area contributed by atoms with Crippen LogP contribution in [0.3, 0.4) is 0 Å². The van der Waals surface area contributed by atoms with Gasteiger partial charge in [0, 0.05) is 48.3 Å². The molecule has 0 bridgehead atoms. The molecule has 0 spiro atoms. The van der Waals surface area contributed by atoms with E-state index in [4.69, 9.17) is 9.97 Å². The Labute approximate surface area is 206 Å². The van der Waals surface area contributed by atoms with Crippen molar-refractivity contribution in [3.8, 4) is 0 Å². The minimum Gasteiger partial charge on any atom is -0.353 e. The molecule has 0 aliphatic heterocycles. The van der Waals surface area contributed by atoms with E-state index >= 15 is 0 Å². The van der Waals surface area contributed by atoms with Gasteiger partial charge in [0.1, 0.15) is 0 Å². The first-order valence-electron chi connectivity index (χ1n) is 12.8. The van der Waals surface area contributed by atoms with Gasteiger partial charge in [-0.3, -0.25) is 14.9 Å². The van der Waals surface area contributed by atoms with Gasteiger partial charge in [0.25, 0.3) is 0 Å². The summed E-state index contributed by atoms with van der Waals surface area (Å²) in [4.78, 5) is 27.5. The van der Waals surface area contributed by atoms with Gasteiger partial charge in [-0.25, -0.2) is 4.79 Å². The number of urea groups is 1. The average Bonchev–Trinajstić information content (AvgIpc) is 3.27. The minimum absolute atomic E-state index is 0.0931. The number of rotatable bonds is 9. The van der Waals surface area contributed by atoms with Gasteiger partial charge in [-0.1, -0.05) is 24.3 Å². The summed E-state index contributed by atoms with van der Waals surface area (Å²) in [6.45, 7) is 4.93. The van der Waals surface area contributed by atoms with Crippen molar-refractivity contribution >= 4 is 27.8 Å². The average molecular weight is 471 g/mol. The number of para-hydroxylation sites is 1. The van der Waals surface area contributed by atoms with Gasteiger partial charge in [0.15, 0.2) is 0 Å². The van der Waals surface area contributed by atoms with Crippen LogP contribution in [-0.2, 0) is 13.0 Å². The molecule has 4 aromatic rings. The van der Waals surface area contributed by atoms with Gasteiger partial charge in [-0.2, -0.15) is 0 Å². The lowest BCUT2D eigenvalue weighted by Gasteiger charge is -2.35. The Morgan fingerprint density at radius 2 is 1.97 bits per heavy atom.